The van der Waals surface area contributed by atoms with Crippen LogP contribution in [0.2, 0.25) is 5.02 Å². The van der Waals surface area contributed by atoms with Gasteiger partial charge >= 0.3 is 0 Å². The molecule has 1 saturated carbocycles. The van der Waals surface area contributed by atoms with Gasteiger partial charge in [0.1, 0.15) is 5.02 Å². The second-order valence-electron chi connectivity index (χ2n) is 5.95. The Hall–Kier alpha value is -1.07. The Bertz CT molecular complexity index is 514. The highest BCUT2D eigenvalue weighted by Crippen LogP contribution is 2.23. The maximum Gasteiger partial charge on any atom is 0.287 e. The van der Waals surface area contributed by atoms with Crippen LogP contribution in [0.4, 0.5) is 5.69 Å². The topological polar surface area (TPSA) is 72.9 Å². The van der Waals surface area contributed by atoms with Crippen molar-refractivity contribution in [1.82, 2.24) is 9.78 Å². The first kappa shape index (κ1) is 15.3. The molecule has 1 aromatic rings. The lowest BCUT2D eigenvalue weighted by molar-refractivity contribution is 0.403. The van der Waals surface area contributed by atoms with E-state index in [-0.39, 0.29) is 22.7 Å². The normalized spacial score (nSPS) is 23.1. The molecule has 0 aromatic carbocycles. The summed E-state index contributed by atoms with van der Waals surface area (Å²) < 4.78 is 1.42. The molecule has 1 aromatic heterocycles. The van der Waals surface area contributed by atoms with Crippen LogP contribution in [0.15, 0.2) is 11.0 Å². The minimum absolute atomic E-state index is 0.109. The summed E-state index contributed by atoms with van der Waals surface area (Å²) in [6.07, 6.45) is 5.97. The van der Waals surface area contributed by atoms with Crippen LogP contribution in [0.1, 0.15) is 39.5 Å². The number of nitrogens with one attached hydrogen (secondary N) is 1. The molecular formula is C14H23ClN4O. The number of anilines is 1. The van der Waals surface area contributed by atoms with E-state index in [0.29, 0.717) is 18.2 Å². The Morgan fingerprint density at radius 1 is 1.50 bits per heavy atom. The first-order valence-corrected chi connectivity index (χ1v) is 7.64. The predicted octanol–water partition coefficient (Wildman–Crippen LogP) is 2.23. The van der Waals surface area contributed by atoms with E-state index in [1.165, 1.54) is 11.1 Å². The van der Waals surface area contributed by atoms with E-state index in [0.717, 1.165) is 19.3 Å². The van der Waals surface area contributed by atoms with E-state index in [9.17, 15) is 4.79 Å². The van der Waals surface area contributed by atoms with Crippen LogP contribution in [0.25, 0.3) is 0 Å². The lowest BCUT2D eigenvalue weighted by Crippen LogP contribution is -2.43. The standard InChI is InChI=1S/C14H23ClN4O/c1-9(2)8-19-14(20)13(15)12(7-17-19)18-11-6-4-3-5-10(11)16/h7,9-11,18H,3-6,8,16H2,1-2H3/t10-,11-/m1/s1. The molecule has 0 bridgehead atoms. The molecule has 5 nitrogen and oxygen atoms in total. The van der Waals surface area contributed by atoms with Gasteiger partial charge in [0.25, 0.3) is 5.56 Å². The molecule has 3 N–H and O–H groups in total. The Labute approximate surface area is 124 Å². The molecule has 0 spiro atoms. The summed E-state index contributed by atoms with van der Waals surface area (Å²) in [5.41, 5.74) is 6.46. The van der Waals surface area contributed by atoms with Crippen molar-refractivity contribution >= 4 is 17.3 Å². The predicted molar refractivity (Wildman–Crippen MR) is 82.2 cm³/mol. The van der Waals surface area contributed by atoms with Crippen LogP contribution in [0.5, 0.6) is 0 Å². The highest BCUT2D eigenvalue weighted by atomic mass is 35.5. The van der Waals surface area contributed by atoms with Crippen molar-refractivity contribution in [2.75, 3.05) is 5.32 Å². The third-order valence-electron chi connectivity index (χ3n) is 3.68. The van der Waals surface area contributed by atoms with Gasteiger partial charge in [-0.2, -0.15) is 5.10 Å². The maximum atomic E-state index is 12.1. The Morgan fingerprint density at radius 2 is 2.20 bits per heavy atom. The van der Waals surface area contributed by atoms with Gasteiger partial charge in [0.2, 0.25) is 0 Å². The molecular weight excluding hydrogens is 276 g/mol. The maximum absolute atomic E-state index is 12.1. The van der Waals surface area contributed by atoms with E-state index in [1.54, 1.807) is 6.20 Å². The molecule has 112 valence electrons. The van der Waals surface area contributed by atoms with E-state index < -0.39 is 0 Å². The van der Waals surface area contributed by atoms with Crippen molar-refractivity contribution in [3.63, 3.8) is 0 Å². The number of nitrogens with two attached hydrogens (primary N) is 1. The van der Waals surface area contributed by atoms with E-state index >= 15 is 0 Å². The molecule has 2 atom stereocenters. The van der Waals surface area contributed by atoms with Gasteiger partial charge in [-0.15, -0.1) is 0 Å². The molecule has 0 amide bonds. The first-order chi connectivity index (χ1) is 9.49. The second kappa shape index (κ2) is 6.59. The quantitative estimate of drug-likeness (QED) is 0.894. The smallest absolute Gasteiger partial charge is 0.287 e. The third kappa shape index (κ3) is 3.52. The Morgan fingerprint density at radius 3 is 2.85 bits per heavy atom. The van der Waals surface area contributed by atoms with Crippen LogP contribution < -0.4 is 16.6 Å². The summed E-state index contributed by atoms with van der Waals surface area (Å²) in [6.45, 7) is 4.65. The molecule has 0 unspecified atom stereocenters. The highest BCUT2D eigenvalue weighted by molar-refractivity contribution is 6.32. The number of hydrogen-bond acceptors (Lipinski definition) is 4. The lowest BCUT2D eigenvalue weighted by Gasteiger charge is -2.30. The largest absolute Gasteiger partial charge is 0.378 e. The van der Waals surface area contributed by atoms with Crippen molar-refractivity contribution in [3.05, 3.63) is 21.6 Å². The summed E-state index contributed by atoms with van der Waals surface area (Å²) in [6, 6.07) is 0.279. The highest BCUT2D eigenvalue weighted by Gasteiger charge is 2.23. The zero-order valence-electron chi connectivity index (χ0n) is 12.1. The summed E-state index contributed by atoms with van der Waals surface area (Å²) in [4.78, 5) is 12.1. The minimum Gasteiger partial charge on any atom is -0.378 e. The van der Waals surface area contributed by atoms with Crippen molar-refractivity contribution in [2.24, 2.45) is 11.7 Å². The fraction of sp³-hybridized carbons (Fsp3) is 0.714. The monoisotopic (exact) mass is 298 g/mol. The van der Waals surface area contributed by atoms with Crippen molar-refractivity contribution < 1.29 is 0 Å². The van der Waals surface area contributed by atoms with E-state index in [1.807, 2.05) is 13.8 Å². The fourth-order valence-corrected chi connectivity index (χ4v) is 2.78. The number of halogens is 1. The lowest BCUT2D eigenvalue weighted by atomic mass is 9.91. The van der Waals surface area contributed by atoms with Gasteiger partial charge in [0.15, 0.2) is 0 Å². The molecule has 1 aliphatic rings. The average Bonchev–Trinajstić information content (AvgIpc) is 2.40. The van der Waals surface area contributed by atoms with Gasteiger partial charge in [-0.05, 0) is 18.8 Å². The fourth-order valence-electron chi connectivity index (χ4n) is 2.58. The molecule has 1 heterocycles. The second-order valence-corrected chi connectivity index (χ2v) is 6.33. The third-order valence-corrected chi connectivity index (χ3v) is 4.05. The number of nitrogens with zero attached hydrogens (tertiary/aromatic N) is 2. The van der Waals surface area contributed by atoms with Gasteiger partial charge in [0, 0.05) is 18.6 Å². The van der Waals surface area contributed by atoms with Gasteiger partial charge in [0.05, 0.1) is 11.9 Å². The van der Waals surface area contributed by atoms with E-state index in [2.05, 4.69) is 10.4 Å². The summed E-state index contributed by atoms with van der Waals surface area (Å²) in [5.74, 6) is 0.349. The SMILES string of the molecule is CC(C)Cn1ncc(N[C@@H]2CCCC[C@H]2N)c(Cl)c1=O. The zero-order valence-corrected chi connectivity index (χ0v) is 12.9. The van der Waals surface area contributed by atoms with Crippen LogP contribution in [0, 0.1) is 5.92 Å². The minimum atomic E-state index is -0.241. The number of rotatable bonds is 4. The van der Waals surface area contributed by atoms with E-state index in [4.69, 9.17) is 17.3 Å². The van der Waals surface area contributed by atoms with Crippen LogP contribution in [0.3, 0.4) is 0 Å². The average molecular weight is 299 g/mol. The Balaban J connectivity index is 2.16. The molecule has 6 heteroatoms. The molecule has 2 rings (SSSR count). The van der Waals surface area contributed by atoms with Gasteiger partial charge in [-0.3, -0.25) is 4.79 Å². The zero-order chi connectivity index (χ0) is 14.7. The van der Waals surface area contributed by atoms with Crippen LogP contribution in [-0.2, 0) is 6.54 Å². The summed E-state index contributed by atoms with van der Waals surface area (Å²) in [5, 5.41) is 7.68. The number of aromatic nitrogens is 2. The molecule has 0 aliphatic heterocycles. The van der Waals surface area contributed by atoms with Gasteiger partial charge < -0.3 is 11.1 Å². The molecule has 20 heavy (non-hydrogen) atoms. The van der Waals surface area contributed by atoms with Crippen molar-refractivity contribution in [2.45, 2.75) is 58.2 Å². The summed E-state index contributed by atoms with van der Waals surface area (Å²) in [7, 11) is 0. The summed E-state index contributed by atoms with van der Waals surface area (Å²) >= 11 is 6.17. The van der Waals surface area contributed by atoms with Crippen molar-refractivity contribution in [3.8, 4) is 0 Å². The first-order valence-electron chi connectivity index (χ1n) is 7.26. The van der Waals surface area contributed by atoms with Crippen LogP contribution >= 0.6 is 11.6 Å². The van der Waals surface area contributed by atoms with Crippen LogP contribution in [-0.4, -0.2) is 21.9 Å². The number of hydrogen-bond donors (Lipinski definition) is 2. The molecule has 1 fully saturated rings. The molecule has 0 radical (unpaired) electrons. The molecule has 1 aliphatic carbocycles. The molecule has 0 saturated heterocycles. The Kier molecular flexibility index (Phi) is 5.05. The van der Waals surface area contributed by atoms with Gasteiger partial charge in [-0.1, -0.05) is 38.3 Å². The van der Waals surface area contributed by atoms with Crippen molar-refractivity contribution in [1.29, 1.82) is 0 Å². The van der Waals surface area contributed by atoms with Gasteiger partial charge in [-0.25, -0.2) is 4.68 Å².